The van der Waals surface area contributed by atoms with E-state index >= 15 is 0 Å². The van der Waals surface area contributed by atoms with Gasteiger partial charge in [0.15, 0.2) is 6.61 Å². The van der Waals surface area contributed by atoms with Gasteiger partial charge in [-0.25, -0.2) is 4.79 Å². The van der Waals surface area contributed by atoms with E-state index in [9.17, 15) is 20.1 Å². The van der Waals surface area contributed by atoms with Crippen molar-refractivity contribution in [1.29, 1.82) is 0 Å². The van der Waals surface area contributed by atoms with Gasteiger partial charge in [0.1, 0.15) is 23.0 Å². The average molecular weight is 583 g/mol. The van der Waals surface area contributed by atoms with Crippen LogP contribution in [0.1, 0.15) is 6.92 Å². The van der Waals surface area contributed by atoms with Gasteiger partial charge in [0.2, 0.25) is 0 Å². The van der Waals surface area contributed by atoms with Gasteiger partial charge in [0.05, 0.1) is 45.8 Å². The molecule has 0 amide bonds. The Morgan fingerprint density at radius 3 is 1.26 bits per heavy atom. The van der Waals surface area contributed by atoms with Gasteiger partial charge < -0.3 is 24.8 Å². The molecule has 0 saturated carbocycles. The van der Waals surface area contributed by atoms with Crippen LogP contribution in [0.2, 0.25) is 0 Å². The topological polar surface area (TPSA) is 96.2 Å². The molecule has 1 aliphatic heterocycles. The van der Waals surface area contributed by atoms with E-state index in [1.165, 1.54) is 47.0 Å². The molecule has 0 radical (unpaired) electrons. The number of aromatic hydroxyl groups is 3. The zero-order valence-corrected chi connectivity index (χ0v) is 23.3. The van der Waals surface area contributed by atoms with Gasteiger partial charge in [-0.05, 0) is 55.5 Å². The molecule has 0 fully saturated rings. The number of rotatable bonds is 4. The number of benzene rings is 4. The Morgan fingerprint density at radius 1 is 0.605 bits per heavy atom. The second kappa shape index (κ2) is 11.8. The Bertz CT molecular complexity index is 1410. The van der Waals surface area contributed by atoms with Gasteiger partial charge in [0.25, 0.3) is 0 Å². The number of phenolic OH excluding ortho intramolecular Hbond substituents is 3. The first kappa shape index (κ1) is 26.6. The quantitative estimate of drug-likeness (QED) is 0.183. The fourth-order valence-corrected chi connectivity index (χ4v) is 7.75. The Hall–Kier alpha value is -3.05. The summed E-state index contributed by atoms with van der Waals surface area (Å²) in [4.78, 5) is 16.9. The van der Waals surface area contributed by atoms with E-state index in [0.717, 1.165) is 0 Å². The molecule has 38 heavy (non-hydrogen) atoms. The molecule has 0 spiro atoms. The van der Waals surface area contributed by atoms with Crippen molar-refractivity contribution in [1.82, 2.24) is 0 Å². The van der Waals surface area contributed by atoms with Crippen molar-refractivity contribution < 1.29 is 29.6 Å². The highest BCUT2D eigenvalue weighted by atomic mass is 32.2. The summed E-state index contributed by atoms with van der Waals surface area (Å²) in [6.07, 6.45) is 0. The molecule has 1 heterocycles. The molecule has 1 aliphatic rings. The summed E-state index contributed by atoms with van der Waals surface area (Å²) < 4.78 is 11.0. The molecule has 3 N–H and O–H groups in total. The van der Waals surface area contributed by atoms with Crippen LogP contribution in [0.5, 0.6) is 23.0 Å². The number of carbonyl (C=O) groups excluding carboxylic acids is 1. The van der Waals surface area contributed by atoms with Crippen LogP contribution in [0.3, 0.4) is 0 Å². The summed E-state index contributed by atoms with van der Waals surface area (Å²) >= 11 is 5.08. The molecule has 0 aromatic heterocycles. The molecular formula is C28H22O6S4. The Morgan fingerprint density at radius 2 is 0.921 bits per heavy atom. The molecule has 4 aromatic rings. The number of carbonyl (C=O) groups is 1. The third-order valence-electron chi connectivity index (χ3n) is 5.35. The van der Waals surface area contributed by atoms with E-state index in [1.54, 1.807) is 43.3 Å². The van der Waals surface area contributed by atoms with E-state index in [4.69, 9.17) is 9.47 Å². The zero-order valence-electron chi connectivity index (χ0n) is 20.0. The summed E-state index contributed by atoms with van der Waals surface area (Å²) in [5.74, 6) is 0.173. The van der Waals surface area contributed by atoms with E-state index in [1.807, 2.05) is 36.4 Å². The van der Waals surface area contributed by atoms with Crippen LogP contribution in [0, 0.1) is 0 Å². The lowest BCUT2D eigenvalue weighted by molar-refractivity contribution is -0.145. The summed E-state index contributed by atoms with van der Waals surface area (Å²) in [5, 5.41) is 33.3. The van der Waals surface area contributed by atoms with Gasteiger partial charge in [0, 0.05) is 0 Å². The Labute approximate surface area is 236 Å². The van der Waals surface area contributed by atoms with Crippen molar-refractivity contribution >= 4 is 53.0 Å². The fraction of sp³-hybridized carbons (Fsp3) is 0.107. The number of esters is 1. The minimum absolute atomic E-state index is 0.0734. The lowest BCUT2D eigenvalue weighted by Crippen LogP contribution is -2.15. The number of para-hydroxylation sites is 4. The molecule has 8 bridgehead atoms. The van der Waals surface area contributed by atoms with Crippen molar-refractivity contribution in [2.24, 2.45) is 0 Å². The SMILES string of the molecule is CCOC(=O)COc1c2cccc1Sc1cccc(c1O)Sc1cccc(c1O)Sc1cccc(c1O)S2. The van der Waals surface area contributed by atoms with Gasteiger partial charge in [-0.2, -0.15) is 0 Å². The van der Waals surface area contributed by atoms with Crippen LogP contribution >= 0.6 is 47.0 Å². The standard InChI is InChI=1S/C28H22O6S4/c1-2-33-24(29)15-34-28-22-13-6-14-23(28)38-21-12-5-10-19(27(21)32)36-17-8-3-7-16(25(17)30)35-18-9-4-11-20(37-22)26(18)31/h3-14,30-32H,2,15H2,1H3. The largest absolute Gasteiger partial charge is 0.506 e. The van der Waals surface area contributed by atoms with Crippen molar-refractivity contribution in [2.45, 2.75) is 46.1 Å². The first-order chi connectivity index (χ1) is 18.4. The molecule has 4 aromatic carbocycles. The first-order valence-corrected chi connectivity index (χ1v) is 14.8. The van der Waals surface area contributed by atoms with E-state index in [0.29, 0.717) is 44.9 Å². The molecule has 0 unspecified atom stereocenters. The van der Waals surface area contributed by atoms with E-state index in [2.05, 4.69) is 0 Å². The molecular weight excluding hydrogens is 561 g/mol. The predicted molar refractivity (Wildman–Crippen MR) is 149 cm³/mol. The number of ether oxygens (including phenoxy) is 2. The number of hydrogen-bond acceptors (Lipinski definition) is 10. The monoisotopic (exact) mass is 582 g/mol. The van der Waals surface area contributed by atoms with Crippen molar-refractivity contribution in [3.05, 3.63) is 72.8 Å². The van der Waals surface area contributed by atoms with Crippen LogP contribution in [0.4, 0.5) is 0 Å². The maximum atomic E-state index is 12.1. The van der Waals surface area contributed by atoms with Gasteiger partial charge in [-0.3, -0.25) is 0 Å². The zero-order chi connectivity index (χ0) is 26.6. The van der Waals surface area contributed by atoms with Crippen molar-refractivity contribution in [3.8, 4) is 23.0 Å². The second-order valence-electron chi connectivity index (χ2n) is 7.89. The van der Waals surface area contributed by atoms with Crippen LogP contribution in [-0.4, -0.2) is 34.5 Å². The van der Waals surface area contributed by atoms with Crippen molar-refractivity contribution in [2.75, 3.05) is 13.2 Å². The van der Waals surface area contributed by atoms with Crippen LogP contribution in [0.25, 0.3) is 0 Å². The van der Waals surface area contributed by atoms with Gasteiger partial charge in [-0.15, -0.1) is 0 Å². The minimum Gasteiger partial charge on any atom is -0.506 e. The lowest BCUT2D eigenvalue weighted by Gasteiger charge is -2.18. The highest BCUT2D eigenvalue weighted by Crippen LogP contribution is 2.52. The summed E-state index contributed by atoms with van der Waals surface area (Å²) in [7, 11) is 0. The van der Waals surface area contributed by atoms with Crippen LogP contribution < -0.4 is 4.74 Å². The van der Waals surface area contributed by atoms with Crippen molar-refractivity contribution in [3.63, 3.8) is 0 Å². The summed E-state index contributed by atoms with van der Waals surface area (Å²) in [5.41, 5.74) is 0. The third-order valence-corrected chi connectivity index (χ3v) is 9.73. The second-order valence-corrected chi connectivity index (χ2v) is 12.2. The van der Waals surface area contributed by atoms with Crippen LogP contribution in [-0.2, 0) is 9.53 Å². The Kier molecular flexibility index (Phi) is 8.23. The van der Waals surface area contributed by atoms with Gasteiger partial charge >= 0.3 is 5.97 Å². The van der Waals surface area contributed by atoms with Crippen LogP contribution in [0.15, 0.2) is 112 Å². The first-order valence-electron chi connectivity index (χ1n) is 11.5. The molecule has 10 heteroatoms. The lowest BCUT2D eigenvalue weighted by atomic mass is 10.3. The van der Waals surface area contributed by atoms with E-state index in [-0.39, 0.29) is 30.5 Å². The predicted octanol–water partition coefficient (Wildman–Crippen LogP) is 7.66. The highest BCUT2D eigenvalue weighted by molar-refractivity contribution is 8.01. The van der Waals surface area contributed by atoms with Gasteiger partial charge in [-0.1, -0.05) is 71.3 Å². The molecule has 0 atom stereocenters. The smallest absolute Gasteiger partial charge is 0.344 e. The number of hydrogen-bond donors (Lipinski definition) is 3. The maximum Gasteiger partial charge on any atom is 0.344 e. The molecule has 0 saturated heterocycles. The number of fused-ring (bicyclic) bond motifs is 8. The maximum absolute atomic E-state index is 12.1. The highest BCUT2D eigenvalue weighted by Gasteiger charge is 2.21. The average Bonchev–Trinajstić information content (AvgIpc) is 2.90. The molecule has 194 valence electrons. The molecule has 0 aliphatic carbocycles. The summed E-state index contributed by atoms with van der Waals surface area (Å²) in [6.45, 7) is 1.69. The Balaban J connectivity index is 1.66. The fourth-order valence-electron chi connectivity index (χ4n) is 3.61. The van der Waals surface area contributed by atoms with E-state index < -0.39 is 5.97 Å². The number of phenols is 3. The normalized spacial score (nSPS) is 12.6. The molecule has 6 nitrogen and oxygen atoms in total. The molecule has 5 rings (SSSR count). The third kappa shape index (κ3) is 5.68. The summed E-state index contributed by atoms with van der Waals surface area (Å²) in [6, 6.07) is 21.8. The minimum atomic E-state index is -0.492.